The maximum atomic E-state index is 10.8. The second-order valence-corrected chi connectivity index (χ2v) is 5.74. The van der Waals surface area contributed by atoms with Crippen LogP contribution in [0.5, 0.6) is 0 Å². The summed E-state index contributed by atoms with van der Waals surface area (Å²) < 4.78 is 31.5. The highest BCUT2D eigenvalue weighted by Crippen LogP contribution is 2.28. The van der Waals surface area contributed by atoms with Gasteiger partial charge in [-0.15, -0.1) is 0 Å². The van der Waals surface area contributed by atoms with Gasteiger partial charge in [0.15, 0.2) is 0 Å². The van der Waals surface area contributed by atoms with Crippen LogP contribution < -0.4 is 5.73 Å². The summed E-state index contributed by atoms with van der Waals surface area (Å²) >= 11 is 4.99. The Morgan fingerprint density at radius 2 is 2.00 bits per heavy atom. The highest BCUT2D eigenvalue weighted by Gasteiger charge is 2.16. The molecule has 0 aliphatic heterocycles. The van der Waals surface area contributed by atoms with Crippen molar-refractivity contribution in [2.45, 2.75) is 4.90 Å². The molecule has 13 heavy (non-hydrogen) atoms. The van der Waals surface area contributed by atoms with E-state index >= 15 is 0 Å². The first-order valence-electron chi connectivity index (χ1n) is 3.04. The zero-order valence-corrected chi connectivity index (χ0v) is 10.7. The smallest absolute Gasteiger partial charge is 0.296 e. The fourth-order valence-corrected chi connectivity index (χ4v) is 3.28. The molecule has 0 bridgehead atoms. The largest absolute Gasteiger partial charge is 0.397 e. The summed E-state index contributed by atoms with van der Waals surface area (Å²) in [7, 11) is -4.24. The Hall–Kier alpha value is 0.140. The van der Waals surface area contributed by atoms with E-state index in [9.17, 15) is 8.42 Å². The SMILES string of the molecule is Nc1c(I)cc(Br)cc1S(=O)(=O)O. The van der Waals surface area contributed by atoms with Gasteiger partial charge in [0.1, 0.15) is 4.90 Å². The van der Waals surface area contributed by atoms with Crippen LogP contribution in [0.15, 0.2) is 21.5 Å². The van der Waals surface area contributed by atoms with Crippen molar-refractivity contribution in [3.63, 3.8) is 0 Å². The number of nitrogen functional groups attached to an aromatic ring is 1. The lowest BCUT2D eigenvalue weighted by molar-refractivity contribution is 0.483. The number of anilines is 1. The van der Waals surface area contributed by atoms with E-state index < -0.39 is 10.1 Å². The van der Waals surface area contributed by atoms with Gasteiger partial charge in [-0.05, 0) is 34.7 Å². The van der Waals surface area contributed by atoms with Crippen LogP contribution in [0.2, 0.25) is 0 Å². The first kappa shape index (κ1) is 11.2. The molecule has 1 rings (SSSR count). The molecule has 4 nitrogen and oxygen atoms in total. The average molecular weight is 378 g/mol. The van der Waals surface area contributed by atoms with Crippen LogP contribution >= 0.6 is 38.5 Å². The number of nitrogens with two attached hydrogens (primary N) is 1. The molecule has 0 heterocycles. The lowest BCUT2D eigenvalue weighted by Gasteiger charge is -2.04. The van der Waals surface area contributed by atoms with Crippen LogP contribution in [0.1, 0.15) is 0 Å². The molecule has 0 radical (unpaired) electrons. The predicted octanol–water partition coefficient (Wildman–Crippen LogP) is 1.88. The predicted molar refractivity (Wildman–Crippen MR) is 61.1 cm³/mol. The lowest BCUT2D eigenvalue weighted by atomic mass is 10.3. The van der Waals surface area contributed by atoms with Gasteiger partial charge in [-0.3, -0.25) is 4.55 Å². The molecule has 1 aromatic rings. The normalized spacial score (nSPS) is 11.6. The van der Waals surface area contributed by atoms with Crippen LogP contribution in [0.4, 0.5) is 5.69 Å². The Balaban J connectivity index is 3.56. The van der Waals surface area contributed by atoms with Gasteiger partial charge in [-0.1, -0.05) is 15.9 Å². The van der Waals surface area contributed by atoms with Gasteiger partial charge in [-0.25, -0.2) is 0 Å². The molecule has 1 aromatic carbocycles. The van der Waals surface area contributed by atoms with E-state index in [1.165, 1.54) is 6.07 Å². The highest BCUT2D eigenvalue weighted by molar-refractivity contribution is 14.1. The fourth-order valence-electron chi connectivity index (χ4n) is 0.775. The van der Waals surface area contributed by atoms with Crippen LogP contribution in [0.3, 0.4) is 0 Å². The van der Waals surface area contributed by atoms with Gasteiger partial charge >= 0.3 is 0 Å². The van der Waals surface area contributed by atoms with Crippen molar-refractivity contribution in [2.75, 3.05) is 5.73 Å². The van der Waals surface area contributed by atoms with Gasteiger partial charge < -0.3 is 5.73 Å². The van der Waals surface area contributed by atoms with E-state index in [0.717, 1.165) is 0 Å². The van der Waals surface area contributed by atoms with Crippen molar-refractivity contribution < 1.29 is 13.0 Å². The number of benzene rings is 1. The Kier molecular flexibility index (Phi) is 3.20. The summed E-state index contributed by atoms with van der Waals surface area (Å²) in [5.41, 5.74) is 5.53. The molecule has 0 unspecified atom stereocenters. The third kappa shape index (κ3) is 2.55. The molecule has 0 atom stereocenters. The summed E-state index contributed by atoms with van der Waals surface area (Å²) in [5, 5.41) is 0. The van der Waals surface area contributed by atoms with E-state index in [1.807, 2.05) is 22.6 Å². The van der Waals surface area contributed by atoms with E-state index in [4.69, 9.17) is 10.3 Å². The van der Waals surface area contributed by atoms with E-state index in [2.05, 4.69) is 15.9 Å². The second kappa shape index (κ2) is 3.71. The molecule has 0 aliphatic carbocycles. The lowest BCUT2D eigenvalue weighted by Crippen LogP contribution is -2.04. The molecule has 7 heteroatoms. The topological polar surface area (TPSA) is 80.4 Å². The molecule has 0 saturated heterocycles. The van der Waals surface area contributed by atoms with Gasteiger partial charge in [0.2, 0.25) is 0 Å². The Bertz CT molecular complexity index is 445. The fraction of sp³-hybridized carbons (Fsp3) is 0. The van der Waals surface area contributed by atoms with Crippen molar-refractivity contribution in [1.82, 2.24) is 0 Å². The summed E-state index contributed by atoms with van der Waals surface area (Å²) in [6.45, 7) is 0. The number of halogens is 2. The van der Waals surface area contributed by atoms with Crippen LogP contribution in [0, 0.1) is 3.57 Å². The molecule has 0 fully saturated rings. The third-order valence-electron chi connectivity index (χ3n) is 1.33. The summed E-state index contributed by atoms with van der Waals surface area (Å²) in [6.07, 6.45) is 0. The minimum absolute atomic E-state index is 0.0614. The van der Waals surface area contributed by atoms with E-state index in [0.29, 0.717) is 8.04 Å². The monoisotopic (exact) mass is 377 g/mol. The molecule has 3 N–H and O–H groups in total. The molecule has 0 amide bonds. The minimum Gasteiger partial charge on any atom is -0.397 e. The summed E-state index contributed by atoms with van der Waals surface area (Å²) in [5.74, 6) is 0. The standard InChI is InChI=1S/C6H5BrINO3S/c7-3-1-4(8)6(9)5(2-3)13(10,11)12/h1-2H,9H2,(H,10,11,12). The van der Waals surface area contributed by atoms with Crippen molar-refractivity contribution in [3.8, 4) is 0 Å². The van der Waals surface area contributed by atoms with Crippen molar-refractivity contribution in [3.05, 3.63) is 20.2 Å². The maximum Gasteiger partial charge on any atom is 0.296 e. The molecular formula is C6H5BrINO3S. The molecule has 0 aliphatic rings. The van der Waals surface area contributed by atoms with Crippen LogP contribution in [-0.2, 0) is 10.1 Å². The van der Waals surface area contributed by atoms with Gasteiger partial charge in [0.05, 0.1) is 5.69 Å². The van der Waals surface area contributed by atoms with Crippen molar-refractivity contribution in [2.24, 2.45) is 0 Å². The zero-order chi connectivity index (χ0) is 10.2. The molecule has 0 saturated carbocycles. The first-order chi connectivity index (χ1) is 5.82. The molecule has 72 valence electrons. The molecule has 0 aromatic heterocycles. The number of rotatable bonds is 1. The van der Waals surface area contributed by atoms with Crippen molar-refractivity contribution >= 4 is 54.3 Å². The van der Waals surface area contributed by atoms with Gasteiger partial charge in [0, 0.05) is 8.04 Å². The molecule has 0 spiro atoms. The maximum absolute atomic E-state index is 10.8. The van der Waals surface area contributed by atoms with Gasteiger partial charge in [-0.2, -0.15) is 8.42 Å². The minimum atomic E-state index is -4.24. The Morgan fingerprint density at radius 1 is 1.46 bits per heavy atom. The molecular weight excluding hydrogens is 373 g/mol. The Labute approximate surface area is 97.5 Å². The summed E-state index contributed by atoms with van der Waals surface area (Å²) in [6, 6.07) is 2.91. The van der Waals surface area contributed by atoms with Crippen molar-refractivity contribution in [1.29, 1.82) is 0 Å². The third-order valence-corrected chi connectivity index (χ3v) is 3.58. The van der Waals surface area contributed by atoms with Crippen LogP contribution in [0.25, 0.3) is 0 Å². The van der Waals surface area contributed by atoms with Gasteiger partial charge in [0.25, 0.3) is 10.1 Å². The van der Waals surface area contributed by atoms with E-state index in [-0.39, 0.29) is 10.6 Å². The van der Waals surface area contributed by atoms with Crippen LogP contribution in [-0.4, -0.2) is 13.0 Å². The first-order valence-corrected chi connectivity index (χ1v) is 6.35. The number of hydrogen-bond acceptors (Lipinski definition) is 3. The highest BCUT2D eigenvalue weighted by atomic mass is 127. The zero-order valence-electron chi connectivity index (χ0n) is 6.16. The average Bonchev–Trinajstić information content (AvgIpc) is 1.94. The quantitative estimate of drug-likeness (QED) is 0.445. The second-order valence-electron chi connectivity index (χ2n) is 2.27. The summed E-state index contributed by atoms with van der Waals surface area (Å²) in [4.78, 5) is -0.272. The number of hydrogen-bond donors (Lipinski definition) is 2. The Morgan fingerprint density at radius 3 is 2.46 bits per heavy atom. The van der Waals surface area contributed by atoms with E-state index in [1.54, 1.807) is 6.07 Å².